The molecule has 1 heterocycles. The lowest BCUT2D eigenvalue weighted by Gasteiger charge is -2.18. The van der Waals surface area contributed by atoms with Crippen LogP contribution < -0.4 is 16.0 Å². The molecule has 0 bridgehead atoms. The van der Waals surface area contributed by atoms with Gasteiger partial charge in [0.2, 0.25) is 0 Å². The molecule has 88 valence electrons. The molecular formula is C12H18N2O2. The van der Waals surface area contributed by atoms with Crippen LogP contribution in [0.2, 0.25) is 0 Å². The number of benzene rings is 1. The normalized spacial score (nSPS) is 15.6. The van der Waals surface area contributed by atoms with Crippen LogP contribution in [-0.2, 0) is 11.2 Å². The molecule has 0 saturated carbocycles. The van der Waals surface area contributed by atoms with Crippen molar-refractivity contribution in [2.24, 2.45) is 5.84 Å². The second-order valence-electron chi connectivity index (χ2n) is 3.93. The van der Waals surface area contributed by atoms with Crippen LogP contribution in [0.5, 0.6) is 5.75 Å². The van der Waals surface area contributed by atoms with E-state index in [1.165, 1.54) is 5.56 Å². The molecule has 1 aliphatic rings. The molecule has 1 atom stereocenters. The summed E-state index contributed by atoms with van der Waals surface area (Å²) >= 11 is 0. The number of fused-ring (bicyclic) bond motifs is 1. The van der Waals surface area contributed by atoms with Crippen molar-refractivity contribution in [2.75, 3.05) is 20.3 Å². The van der Waals surface area contributed by atoms with Crippen LogP contribution in [0.15, 0.2) is 18.2 Å². The van der Waals surface area contributed by atoms with Crippen molar-refractivity contribution < 1.29 is 9.47 Å². The zero-order valence-corrected chi connectivity index (χ0v) is 9.53. The number of para-hydroxylation sites is 1. The first-order valence-electron chi connectivity index (χ1n) is 5.56. The molecule has 0 radical (unpaired) electrons. The topological polar surface area (TPSA) is 56.5 Å². The predicted octanol–water partition coefficient (Wildman–Crippen LogP) is 1.16. The monoisotopic (exact) mass is 222 g/mol. The molecule has 4 heteroatoms. The van der Waals surface area contributed by atoms with Gasteiger partial charge in [0, 0.05) is 25.7 Å². The van der Waals surface area contributed by atoms with Crippen LogP contribution in [0.1, 0.15) is 23.6 Å². The Kier molecular flexibility index (Phi) is 3.77. The third-order valence-electron chi connectivity index (χ3n) is 2.93. The van der Waals surface area contributed by atoms with Crippen LogP contribution in [-0.4, -0.2) is 20.3 Å². The number of hydrogen-bond acceptors (Lipinski definition) is 4. The first-order valence-corrected chi connectivity index (χ1v) is 5.56. The molecule has 2 rings (SSSR count). The maximum Gasteiger partial charge on any atom is 0.127 e. The van der Waals surface area contributed by atoms with Gasteiger partial charge in [-0.25, -0.2) is 0 Å². The maximum absolute atomic E-state index is 5.66. The van der Waals surface area contributed by atoms with E-state index in [0.717, 1.165) is 30.8 Å². The number of rotatable bonds is 5. The van der Waals surface area contributed by atoms with Gasteiger partial charge in [-0.3, -0.25) is 11.3 Å². The first-order chi connectivity index (χ1) is 7.86. The average Bonchev–Trinajstić information content (AvgIpc) is 2.78. The van der Waals surface area contributed by atoms with Gasteiger partial charge in [-0.2, -0.15) is 0 Å². The fraction of sp³-hybridized carbons (Fsp3) is 0.500. The molecular weight excluding hydrogens is 204 g/mol. The largest absolute Gasteiger partial charge is 0.493 e. The third-order valence-corrected chi connectivity index (χ3v) is 2.93. The van der Waals surface area contributed by atoms with Crippen molar-refractivity contribution >= 4 is 0 Å². The van der Waals surface area contributed by atoms with Gasteiger partial charge < -0.3 is 9.47 Å². The van der Waals surface area contributed by atoms with Crippen molar-refractivity contribution in [3.8, 4) is 5.75 Å². The van der Waals surface area contributed by atoms with E-state index in [4.69, 9.17) is 15.3 Å². The summed E-state index contributed by atoms with van der Waals surface area (Å²) in [6, 6.07) is 6.31. The van der Waals surface area contributed by atoms with Gasteiger partial charge in [0.25, 0.3) is 0 Å². The van der Waals surface area contributed by atoms with E-state index in [1.807, 2.05) is 0 Å². The molecule has 0 saturated heterocycles. The Morgan fingerprint density at radius 1 is 1.56 bits per heavy atom. The van der Waals surface area contributed by atoms with Crippen molar-refractivity contribution in [3.63, 3.8) is 0 Å². The molecule has 0 spiro atoms. The van der Waals surface area contributed by atoms with Crippen molar-refractivity contribution in [3.05, 3.63) is 29.3 Å². The van der Waals surface area contributed by atoms with Crippen LogP contribution >= 0.6 is 0 Å². The molecule has 1 aromatic rings. The van der Waals surface area contributed by atoms with Gasteiger partial charge in [-0.15, -0.1) is 0 Å². The van der Waals surface area contributed by atoms with Crippen molar-refractivity contribution in [2.45, 2.75) is 18.9 Å². The van der Waals surface area contributed by atoms with Gasteiger partial charge in [0.1, 0.15) is 5.75 Å². The number of ether oxygens (including phenoxy) is 2. The Hall–Kier alpha value is -1.10. The quantitative estimate of drug-likeness (QED) is 0.580. The van der Waals surface area contributed by atoms with Gasteiger partial charge in [-0.05, 0) is 12.0 Å². The van der Waals surface area contributed by atoms with Crippen molar-refractivity contribution in [1.29, 1.82) is 0 Å². The molecule has 1 aliphatic heterocycles. The predicted molar refractivity (Wildman–Crippen MR) is 62.2 cm³/mol. The van der Waals surface area contributed by atoms with Gasteiger partial charge in [0.15, 0.2) is 0 Å². The highest BCUT2D eigenvalue weighted by Crippen LogP contribution is 2.34. The second kappa shape index (κ2) is 5.30. The molecule has 0 aliphatic carbocycles. The number of nitrogens with two attached hydrogens (primary N) is 1. The maximum atomic E-state index is 5.66. The van der Waals surface area contributed by atoms with E-state index >= 15 is 0 Å². The number of hydrogen-bond donors (Lipinski definition) is 2. The molecule has 0 amide bonds. The molecule has 4 nitrogen and oxygen atoms in total. The van der Waals surface area contributed by atoms with E-state index in [2.05, 4.69) is 23.6 Å². The standard InChI is InChI=1S/C12H18N2O2/c1-15-7-6-11(14-13)10-4-2-3-9-5-8-16-12(9)10/h2-4,11,14H,5-8,13H2,1H3. The van der Waals surface area contributed by atoms with Gasteiger partial charge >= 0.3 is 0 Å². The molecule has 16 heavy (non-hydrogen) atoms. The summed E-state index contributed by atoms with van der Waals surface area (Å²) in [4.78, 5) is 0. The van der Waals surface area contributed by atoms with E-state index in [9.17, 15) is 0 Å². The summed E-state index contributed by atoms with van der Waals surface area (Å²) in [6.07, 6.45) is 1.83. The Morgan fingerprint density at radius 2 is 2.44 bits per heavy atom. The number of hydrazine groups is 1. The Morgan fingerprint density at radius 3 is 3.19 bits per heavy atom. The van der Waals surface area contributed by atoms with Crippen molar-refractivity contribution in [1.82, 2.24) is 5.43 Å². The summed E-state index contributed by atoms with van der Waals surface area (Å²) in [5, 5.41) is 0. The third kappa shape index (κ3) is 2.19. The smallest absolute Gasteiger partial charge is 0.127 e. The average molecular weight is 222 g/mol. The molecule has 0 aromatic heterocycles. The Labute approximate surface area is 95.7 Å². The molecule has 3 N–H and O–H groups in total. The highest BCUT2D eigenvalue weighted by atomic mass is 16.5. The number of methoxy groups -OCH3 is 1. The van der Waals surface area contributed by atoms with E-state index in [1.54, 1.807) is 7.11 Å². The fourth-order valence-electron chi connectivity index (χ4n) is 2.08. The van der Waals surface area contributed by atoms with E-state index in [-0.39, 0.29) is 6.04 Å². The van der Waals surface area contributed by atoms with Crippen LogP contribution in [0.3, 0.4) is 0 Å². The molecule has 1 aromatic carbocycles. The highest BCUT2D eigenvalue weighted by molar-refractivity contribution is 5.45. The summed E-state index contributed by atoms with van der Waals surface area (Å²) in [5.74, 6) is 6.58. The Bertz CT molecular complexity index is 355. The highest BCUT2D eigenvalue weighted by Gasteiger charge is 2.20. The van der Waals surface area contributed by atoms with E-state index in [0.29, 0.717) is 6.61 Å². The van der Waals surface area contributed by atoms with Crippen LogP contribution in [0, 0.1) is 0 Å². The SMILES string of the molecule is COCCC(NN)c1cccc2c1OCC2. The fourth-order valence-corrected chi connectivity index (χ4v) is 2.08. The minimum absolute atomic E-state index is 0.0907. The molecule has 0 fully saturated rings. The Balaban J connectivity index is 2.21. The summed E-state index contributed by atoms with van der Waals surface area (Å²) in [6.45, 7) is 1.45. The summed E-state index contributed by atoms with van der Waals surface area (Å²) in [5.41, 5.74) is 5.23. The van der Waals surface area contributed by atoms with Crippen LogP contribution in [0.25, 0.3) is 0 Å². The lowest BCUT2D eigenvalue weighted by atomic mass is 10.0. The summed E-state index contributed by atoms with van der Waals surface area (Å²) < 4.78 is 10.7. The first kappa shape index (κ1) is 11.4. The lowest BCUT2D eigenvalue weighted by Crippen LogP contribution is -2.29. The van der Waals surface area contributed by atoms with Crippen LogP contribution in [0.4, 0.5) is 0 Å². The summed E-state index contributed by atoms with van der Waals surface area (Å²) in [7, 11) is 1.69. The zero-order valence-electron chi connectivity index (χ0n) is 9.53. The lowest BCUT2D eigenvalue weighted by molar-refractivity contribution is 0.182. The zero-order chi connectivity index (χ0) is 11.4. The van der Waals surface area contributed by atoms with E-state index < -0.39 is 0 Å². The second-order valence-corrected chi connectivity index (χ2v) is 3.93. The molecule has 1 unspecified atom stereocenters. The van der Waals surface area contributed by atoms with Gasteiger partial charge in [0.05, 0.1) is 12.6 Å². The number of nitrogens with one attached hydrogen (secondary N) is 1. The minimum Gasteiger partial charge on any atom is -0.493 e. The minimum atomic E-state index is 0.0907. The van der Waals surface area contributed by atoms with Gasteiger partial charge in [-0.1, -0.05) is 18.2 Å².